The second-order valence-corrected chi connectivity index (χ2v) is 5.42. The Morgan fingerprint density at radius 2 is 1.85 bits per heavy atom. The number of allylic oxidation sites excluding steroid dienone is 2. The third-order valence-corrected chi connectivity index (χ3v) is 3.95. The van der Waals surface area contributed by atoms with Crippen LogP contribution in [0.2, 0.25) is 0 Å². The maximum absolute atomic E-state index is 2.56. The predicted octanol–water partition coefficient (Wildman–Crippen LogP) is 4.31. The summed E-state index contributed by atoms with van der Waals surface area (Å²) in [6.45, 7) is 4.88. The van der Waals surface area contributed by atoms with Gasteiger partial charge in [0.1, 0.15) is 0 Å². The topological polar surface area (TPSA) is 0 Å². The maximum Gasteiger partial charge on any atom is -0.0142 e. The fourth-order valence-electron chi connectivity index (χ4n) is 3.18. The SMILES string of the molecule is CC1(C)CCCC=C1C1CCCC1. The summed E-state index contributed by atoms with van der Waals surface area (Å²) in [5, 5.41) is 0. The zero-order valence-electron chi connectivity index (χ0n) is 9.10. The second kappa shape index (κ2) is 3.48. The van der Waals surface area contributed by atoms with Gasteiger partial charge in [-0.1, -0.05) is 38.3 Å². The number of rotatable bonds is 1. The van der Waals surface area contributed by atoms with Gasteiger partial charge in [0, 0.05) is 0 Å². The summed E-state index contributed by atoms with van der Waals surface area (Å²) in [6.07, 6.45) is 12.6. The van der Waals surface area contributed by atoms with Crippen molar-refractivity contribution in [3.63, 3.8) is 0 Å². The van der Waals surface area contributed by atoms with E-state index in [2.05, 4.69) is 19.9 Å². The van der Waals surface area contributed by atoms with Crippen LogP contribution in [0.3, 0.4) is 0 Å². The molecule has 74 valence electrons. The van der Waals surface area contributed by atoms with Crippen LogP contribution in [0.15, 0.2) is 11.6 Å². The number of hydrogen-bond acceptors (Lipinski definition) is 0. The molecule has 0 N–H and O–H groups in total. The summed E-state index contributed by atoms with van der Waals surface area (Å²) in [5.74, 6) is 0.954. The van der Waals surface area contributed by atoms with Gasteiger partial charge in [-0.05, 0) is 43.4 Å². The number of hydrogen-bond donors (Lipinski definition) is 0. The van der Waals surface area contributed by atoms with E-state index in [1.165, 1.54) is 44.9 Å². The van der Waals surface area contributed by atoms with Crippen molar-refractivity contribution in [3.05, 3.63) is 11.6 Å². The molecule has 13 heavy (non-hydrogen) atoms. The predicted molar refractivity (Wildman–Crippen MR) is 57.7 cm³/mol. The van der Waals surface area contributed by atoms with Gasteiger partial charge in [-0.2, -0.15) is 0 Å². The molecule has 2 aliphatic carbocycles. The van der Waals surface area contributed by atoms with E-state index in [0.29, 0.717) is 5.41 Å². The largest absolute Gasteiger partial charge is 0.0845 e. The summed E-state index contributed by atoms with van der Waals surface area (Å²) in [5.41, 5.74) is 2.32. The van der Waals surface area contributed by atoms with Gasteiger partial charge in [-0.3, -0.25) is 0 Å². The Balaban J connectivity index is 2.14. The third-order valence-electron chi connectivity index (χ3n) is 3.95. The van der Waals surface area contributed by atoms with Crippen molar-refractivity contribution in [1.29, 1.82) is 0 Å². The van der Waals surface area contributed by atoms with Crippen molar-refractivity contribution < 1.29 is 0 Å². The molecule has 2 aliphatic rings. The zero-order valence-corrected chi connectivity index (χ0v) is 9.10. The molecule has 0 amide bonds. The maximum atomic E-state index is 2.56. The molecule has 0 aromatic heterocycles. The molecular weight excluding hydrogens is 156 g/mol. The van der Waals surface area contributed by atoms with Crippen molar-refractivity contribution in [2.45, 2.75) is 58.8 Å². The monoisotopic (exact) mass is 178 g/mol. The van der Waals surface area contributed by atoms with Crippen LogP contribution in [0.25, 0.3) is 0 Å². The minimum Gasteiger partial charge on any atom is -0.0845 e. The molecule has 0 aromatic rings. The highest BCUT2D eigenvalue weighted by atomic mass is 14.4. The van der Waals surface area contributed by atoms with E-state index in [0.717, 1.165) is 5.92 Å². The highest BCUT2D eigenvalue weighted by Crippen LogP contribution is 2.45. The Labute approximate surface area is 82.4 Å². The fraction of sp³-hybridized carbons (Fsp3) is 0.846. The van der Waals surface area contributed by atoms with Crippen molar-refractivity contribution in [2.75, 3.05) is 0 Å². The summed E-state index contributed by atoms with van der Waals surface area (Å²) in [7, 11) is 0. The van der Waals surface area contributed by atoms with Gasteiger partial charge < -0.3 is 0 Å². The minimum atomic E-state index is 0.521. The molecule has 0 nitrogen and oxygen atoms in total. The third kappa shape index (κ3) is 1.82. The van der Waals surface area contributed by atoms with E-state index in [9.17, 15) is 0 Å². The molecule has 0 unspecified atom stereocenters. The second-order valence-electron chi connectivity index (χ2n) is 5.42. The molecule has 1 fully saturated rings. The van der Waals surface area contributed by atoms with Gasteiger partial charge in [0.15, 0.2) is 0 Å². The molecular formula is C13H22. The van der Waals surface area contributed by atoms with Crippen LogP contribution in [0.4, 0.5) is 0 Å². The van der Waals surface area contributed by atoms with E-state index in [1.807, 2.05) is 0 Å². The lowest BCUT2D eigenvalue weighted by Crippen LogP contribution is -2.22. The molecule has 1 saturated carbocycles. The van der Waals surface area contributed by atoms with E-state index >= 15 is 0 Å². The van der Waals surface area contributed by atoms with E-state index in [4.69, 9.17) is 0 Å². The van der Waals surface area contributed by atoms with Crippen molar-refractivity contribution >= 4 is 0 Å². The van der Waals surface area contributed by atoms with Crippen molar-refractivity contribution in [1.82, 2.24) is 0 Å². The molecule has 0 heterocycles. The standard InChI is InChI=1S/C13H22/c1-13(2)10-6-5-9-12(13)11-7-3-4-8-11/h9,11H,3-8,10H2,1-2H3. The molecule has 0 bridgehead atoms. The Hall–Kier alpha value is -0.260. The van der Waals surface area contributed by atoms with Gasteiger partial charge in [0.05, 0.1) is 0 Å². The Kier molecular flexibility index (Phi) is 2.49. The van der Waals surface area contributed by atoms with Crippen LogP contribution in [-0.4, -0.2) is 0 Å². The molecule has 0 radical (unpaired) electrons. The molecule has 0 aliphatic heterocycles. The fourth-order valence-corrected chi connectivity index (χ4v) is 3.18. The first-order valence-corrected chi connectivity index (χ1v) is 5.91. The molecule has 0 aromatic carbocycles. The van der Waals surface area contributed by atoms with Crippen LogP contribution >= 0.6 is 0 Å². The Morgan fingerprint density at radius 3 is 2.46 bits per heavy atom. The first-order chi connectivity index (χ1) is 6.20. The Bertz CT molecular complexity index is 204. The van der Waals surface area contributed by atoms with Gasteiger partial charge in [-0.15, -0.1) is 0 Å². The normalized spacial score (nSPS) is 28.9. The highest BCUT2D eigenvalue weighted by molar-refractivity contribution is 5.19. The van der Waals surface area contributed by atoms with Crippen LogP contribution in [0.1, 0.15) is 58.8 Å². The van der Waals surface area contributed by atoms with Crippen LogP contribution < -0.4 is 0 Å². The van der Waals surface area contributed by atoms with Crippen LogP contribution in [0, 0.1) is 11.3 Å². The lowest BCUT2D eigenvalue weighted by molar-refractivity contribution is 0.331. The van der Waals surface area contributed by atoms with Gasteiger partial charge in [-0.25, -0.2) is 0 Å². The van der Waals surface area contributed by atoms with Crippen LogP contribution in [-0.2, 0) is 0 Å². The smallest absolute Gasteiger partial charge is 0.0142 e. The first-order valence-electron chi connectivity index (χ1n) is 5.91. The molecule has 0 saturated heterocycles. The quantitative estimate of drug-likeness (QED) is 0.525. The molecule has 0 spiro atoms. The van der Waals surface area contributed by atoms with Gasteiger partial charge in [0.2, 0.25) is 0 Å². The molecule has 0 heteroatoms. The first kappa shape index (κ1) is 9.30. The summed E-state index contributed by atoms with van der Waals surface area (Å²) < 4.78 is 0. The molecule has 0 atom stereocenters. The van der Waals surface area contributed by atoms with E-state index in [-0.39, 0.29) is 0 Å². The average molecular weight is 178 g/mol. The van der Waals surface area contributed by atoms with Gasteiger partial charge >= 0.3 is 0 Å². The van der Waals surface area contributed by atoms with Crippen molar-refractivity contribution in [3.8, 4) is 0 Å². The van der Waals surface area contributed by atoms with E-state index in [1.54, 1.807) is 5.57 Å². The summed E-state index contributed by atoms with van der Waals surface area (Å²) in [6, 6.07) is 0. The minimum absolute atomic E-state index is 0.521. The summed E-state index contributed by atoms with van der Waals surface area (Å²) in [4.78, 5) is 0. The van der Waals surface area contributed by atoms with E-state index < -0.39 is 0 Å². The zero-order chi connectivity index (χ0) is 9.31. The average Bonchev–Trinajstić information content (AvgIpc) is 2.55. The lowest BCUT2D eigenvalue weighted by Gasteiger charge is -2.35. The van der Waals surface area contributed by atoms with Crippen LogP contribution in [0.5, 0.6) is 0 Å². The van der Waals surface area contributed by atoms with Crippen molar-refractivity contribution in [2.24, 2.45) is 11.3 Å². The Morgan fingerprint density at radius 1 is 1.15 bits per heavy atom. The lowest BCUT2D eigenvalue weighted by atomic mass is 9.70. The van der Waals surface area contributed by atoms with Gasteiger partial charge in [0.25, 0.3) is 0 Å². The highest BCUT2D eigenvalue weighted by Gasteiger charge is 2.32. The molecule has 2 rings (SSSR count). The summed E-state index contributed by atoms with van der Waals surface area (Å²) >= 11 is 0.